The van der Waals surface area contributed by atoms with Gasteiger partial charge in [-0.05, 0) is 32.0 Å². The molecular weight excluding hydrogens is 254 g/mol. The number of hydrogen-bond donors (Lipinski definition) is 1. The molecule has 0 unspecified atom stereocenters. The van der Waals surface area contributed by atoms with Crippen LogP contribution in [0.5, 0.6) is 0 Å². The quantitative estimate of drug-likeness (QED) is 0.786. The van der Waals surface area contributed by atoms with E-state index in [1.165, 1.54) is 12.8 Å². The van der Waals surface area contributed by atoms with Crippen LogP contribution in [0.4, 0.5) is 0 Å². The first-order chi connectivity index (χ1) is 9.85. The van der Waals surface area contributed by atoms with Gasteiger partial charge in [0.1, 0.15) is 5.76 Å². The van der Waals surface area contributed by atoms with E-state index in [1.54, 1.807) is 6.26 Å². The molecule has 1 saturated carbocycles. The fraction of sp³-hybridized carbons (Fsp3) is 0.571. The molecule has 1 aliphatic rings. The van der Waals surface area contributed by atoms with Gasteiger partial charge < -0.3 is 9.73 Å². The van der Waals surface area contributed by atoms with Gasteiger partial charge in [-0.1, -0.05) is 5.21 Å². The van der Waals surface area contributed by atoms with Crippen molar-refractivity contribution in [2.45, 2.75) is 38.5 Å². The number of nitrogens with one attached hydrogen (secondary N) is 1. The van der Waals surface area contributed by atoms with E-state index < -0.39 is 0 Å². The summed E-state index contributed by atoms with van der Waals surface area (Å²) >= 11 is 0. The lowest BCUT2D eigenvalue weighted by molar-refractivity contribution is 0.221. The molecule has 0 radical (unpaired) electrons. The van der Waals surface area contributed by atoms with Crippen LogP contribution >= 0.6 is 0 Å². The van der Waals surface area contributed by atoms with Gasteiger partial charge in [-0.2, -0.15) is 0 Å². The predicted octanol–water partition coefficient (Wildman–Crippen LogP) is 1.26. The molecule has 2 heterocycles. The Bertz CT molecular complexity index is 517. The molecule has 0 bridgehead atoms. The second-order valence-electron chi connectivity index (χ2n) is 5.28. The predicted molar refractivity (Wildman–Crippen MR) is 74.9 cm³/mol. The summed E-state index contributed by atoms with van der Waals surface area (Å²) in [6.45, 7) is 3.50. The first-order valence-corrected chi connectivity index (χ1v) is 7.15. The van der Waals surface area contributed by atoms with Gasteiger partial charge in [0, 0.05) is 25.3 Å². The fourth-order valence-electron chi connectivity index (χ4n) is 2.37. The molecule has 1 N–H and O–H groups in total. The van der Waals surface area contributed by atoms with E-state index in [1.807, 2.05) is 30.1 Å². The Morgan fingerprint density at radius 2 is 2.40 bits per heavy atom. The zero-order chi connectivity index (χ0) is 13.8. The van der Waals surface area contributed by atoms with Crippen molar-refractivity contribution in [2.24, 2.45) is 0 Å². The molecule has 2 aromatic heterocycles. The van der Waals surface area contributed by atoms with E-state index in [2.05, 4.69) is 20.5 Å². The molecule has 20 heavy (non-hydrogen) atoms. The number of rotatable bonds is 8. The van der Waals surface area contributed by atoms with Crippen LogP contribution in [-0.2, 0) is 19.6 Å². The number of nitrogens with zero attached hydrogens (tertiary/aromatic N) is 4. The highest BCUT2D eigenvalue weighted by molar-refractivity contribution is 5.00. The Morgan fingerprint density at radius 3 is 3.10 bits per heavy atom. The summed E-state index contributed by atoms with van der Waals surface area (Å²) in [6, 6.07) is 4.69. The third-order valence-electron chi connectivity index (χ3n) is 3.56. The normalized spacial score (nSPS) is 15.1. The first-order valence-electron chi connectivity index (χ1n) is 7.15. The summed E-state index contributed by atoms with van der Waals surface area (Å²) in [4.78, 5) is 2.47. The van der Waals surface area contributed by atoms with Crippen molar-refractivity contribution >= 4 is 0 Å². The minimum Gasteiger partial charge on any atom is -0.468 e. The highest BCUT2D eigenvalue weighted by atomic mass is 16.3. The molecule has 3 rings (SSSR count). The summed E-state index contributed by atoms with van der Waals surface area (Å²) in [7, 11) is 1.91. The van der Waals surface area contributed by atoms with Gasteiger partial charge in [-0.25, -0.2) is 0 Å². The Hall–Kier alpha value is -1.66. The van der Waals surface area contributed by atoms with Crippen LogP contribution in [0.25, 0.3) is 0 Å². The van der Waals surface area contributed by atoms with E-state index in [0.717, 1.165) is 37.6 Å². The highest BCUT2D eigenvalue weighted by Crippen LogP contribution is 2.28. The molecule has 0 atom stereocenters. The SMILES string of the molecule is CNCc1cn(CCN(Cc2ccco2)C2CC2)nn1. The monoisotopic (exact) mass is 275 g/mol. The van der Waals surface area contributed by atoms with Gasteiger partial charge >= 0.3 is 0 Å². The second-order valence-corrected chi connectivity index (χ2v) is 5.28. The Kier molecular flexibility index (Phi) is 4.13. The van der Waals surface area contributed by atoms with Gasteiger partial charge in [-0.15, -0.1) is 5.10 Å². The van der Waals surface area contributed by atoms with Crippen LogP contribution < -0.4 is 5.32 Å². The number of hydrogen-bond acceptors (Lipinski definition) is 5. The minimum absolute atomic E-state index is 0.709. The van der Waals surface area contributed by atoms with Gasteiger partial charge in [0.2, 0.25) is 0 Å². The lowest BCUT2D eigenvalue weighted by atomic mass is 10.3. The largest absolute Gasteiger partial charge is 0.468 e. The van der Waals surface area contributed by atoms with Crippen molar-refractivity contribution in [1.29, 1.82) is 0 Å². The molecular formula is C14H21N5O. The molecule has 0 aromatic carbocycles. The summed E-state index contributed by atoms with van der Waals surface area (Å²) in [5.74, 6) is 1.03. The maximum atomic E-state index is 5.45. The zero-order valence-electron chi connectivity index (χ0n) is 11.8. The lowest BCUT2D eigenvalue weighted by Gasteiger charge is -2.20. The molecule has 108 valence electrons. The van der Waals surface area contributed by atoms with Gasteiger partial charge in [0.05, 0.1) is 25.0 Å². The molecule has 0 aliphatic heterocycles. The Labute approximate surface area is 118 Å². The van der Waals surface area contributed by atoms with E-state index in [9.17, 15) is 0 Å². The van der Waals surface area contributed by atoms with Crippen molar-refractivity contribution in [3.05, 3.63) is 36.0 Å². The molecule has 6 nitrogen and oxygen atoms in total. The maximum Gasteiger partial charge on any atom is 0.117 e. The lowest BCUT2D eigenvalue weighted by Crippen LogP contribution is -2.29. The Morgan fingerprint density at radius 1 is 1.50 bits per heavy atom. The average molecular weight is 275 g/mol. The maximum absolute atomic E-state index is 5.45. The van der Waals surface area contributed by atoms with Crippen molar-refractivity contribution in [2.75, 3.05) is 13.6 Å². The van der Waals surface area contributed by atoms with Gasteiger partial charge in [0.25, 0.3) is 0 Å². The first kappa shape index (κ1) is 13.3. The zero-order valence-corrected chi connectivity index (χ0v) is 11.8. The molecule has 0 saturated heterocycles. The van der Waals surface area contributed by atoms with Crippen molar-refractivity contribution in [3.63, 3.8) is 0 Å². The van der Waals surface area contributed by atoms with Crippen LogP contribution in [0.2, 0.25) is 0 Å². The molecule has 1 fully saturated rings. The van der Waals surface area contributed by atoms with Gasteiger partial charge in [-0.3, -0.25) is 9.58 Å². The van der Waals surface area contributed by atoms with Crippen LogP contribution in [0.3, 0.4) is 0 Å². The Balaban J connectivity index is 1.53. The van der Waals surface area contributed by atoms with Crippen molar-refractivity contribution in [1.82, 2.24) is 25.2 Å². The molecule has 0 spiro atoms. The van der Waals surface area contributed by atoms with E-state index in [0.29, 0.717) is 6.04 Å². The van der Waals surface area contributed by atoms with Crippen LogP contribution in [0.15, 0.2) is 29.0 Å². The van der Waals surface area contributed by atoms with Crippen LogP contribution in [0.1, 0.15) is 24.3 Å². The van der Waals surface area contributed by atoms with Crippen molar-refractivity contribution in [3.8, 4) is 0 Å². The average Bonchev–Trinajstić information content (AvgIpc) is 2.98. The van der Waals surface area contributed by atoms with Crippen molar-refractivity contribution < 1.29 is 4.42 Å². The second kappa shape index (κ2) is 6.19. The van der Waals surface area contributed by atoms with Crippen LogP contribution in [0, 0.1) is 0 Å². The smallest absolute Gasteiger partial charge is 0.117 e. The van der Waals surface area contributed by atoms with E-state index >= 15 is 0 Å². The number of furan rings is 1. The van der Waals surface area contributed by atoms with Gasteiger partial charge in [0.15, 0.2) is 0 Å². The van der Waals surface area contributed by atoms with E-state index in [4.69, 9.17) is 4.42 Å². The molecule has 1 aliphatic carbocycles. The third kappa shape index (κ3) is 3.46. The molecule has 0 amide bonds. The summed E-state index contributed by atoms with van der Waals surface area (Å²) in [5, 5.41) is 11.4. The minimum atomic E-state index is 0.709. The van der Waals surface area contributed by atoms with E-state index in [-0.39, 0.29) is 0 Å². The molecule has 2 aromatic rings. The summed E-state index contributed by atoms with van der Waals surface area (Å²) < 4.78 is 7.37. The molecule has 6 heteroatoms. The fourth-order valence-corrected chi connectivity index (χ4v) is 2.37. The standard InChI is InChI=1S/C14H21N5O/c1-15-9-12-10-19(17-16-12)7-6-18(13-4-5-13)11-14-3-2-8-20-14/h2-3,8,10,13,15H,4-7,9,11H2,1H3. The number of aromatic nitrogens is 3. The topological polar surface area (TPSA) is 59.1 Å². The van der Waals surface area contributed by atoms with Crippen LogP contribution in [-0.4, -0.2) is 39.5 Å². The summed E-state index contributed by atoms with van der Waals surface area (Å²) in [5.41, 5.74) is 0.983. The third-order valence-corrected chi connectivity index (χ3v) is 3.56. The summed E-state index contributed by atoms with van der Waals surface area (Å²) in [6.07, 6.45) is 6.34. The highest BCUT2D eigenvalue weighted by Gasteiger charge is 2.29.